The Morgan fingerprint density at radius 3 is 2.14 bits per heavy atom. The minimum atomic E-state index is -2.12. The van der Waals surface area contributed by atoms with Crippen molar-refractivity contribution in [1.82, 2.24) is 0 Å². The van der Waals surface area contributed by atoms with Crippen molar-refractivity contribution in [3.05, 3.63) is 48.0 Å². The van der Waals surface area contributed by atoms with Gasteiger partial charge in [-0.2, -0.15) is 0 Å². The summed E-state index contributed by atoms with van der Waals surface area (Å²) in [5.41, 5.74) is 0.0388. The third-order valence-electron chi connectivity index (χ3n) is 3.76. The minimum absolute atomic E-state index is 0.0388. The van der Waals surface area contributed by atoms with Gasteiger partial charge < -0.3 is 19.3 Å². The summed E-state index contributed by atoms with van der Waals surface area (Å²) in [5, 5.41) is 11.6. The predicted molar refractivity (Wildman–Crippen MR) is 97.4 cm³/mol. The lowest BCUT2D eigenvalue weighted by atomic mass is 10.0. The van der Waals surface area contributed by atoms with E-state index < -0.39 is 35.9 Å². The van der Waals surface area contributed by atoms with E-state index in [2.05, 4.69) is 4.74 Å². The Hall–Kier alpha value is -3.26. The molecular formula is C20H20O8. The number of carbonyl (C=O) groups excluding carboxylic acids is 4. The topological polar surface area (TPSA) is 116 Å². The Kier molecular flexibility index (Phi) is 7.22. The average Bonchev–Trinajstić information content (AvgIpc) is 2.70. The minimum Gasteiger partial charge on any atom is -0.464 e. The first-order valence-corrected chi connectivity index (χ1v) is 8.64. The molecule has 0 amide bonds. The average molecular weight is 388 g/mol. The number of hydrogen-bond donors (Lipinski definition) is 1. The fraction of sp³-hybridized carbons (Fsp3) is 0.300. The summed E-state index contributed by atoms with van der Waals surface area (Å²) in [4.78, 5) is 48.3. The molecule has 0 unspecified atom stereocenters. The third kappa shape index (κ3) is 4.92. The van der Waals surface area contributed by atoms with E-state index in [4.69, 9.17) is 9.47 Å². The lowest BCUT2D eigenvalue weighted by Gasteiger charge is -2.20. The highest BCUT2D eigenvalue weighted by Gasteiger charge is 2.39. The number of rotatable bonds is 8. The highest BCUT2D eigenvalue weighted by molar-refractivity contribution is 6.41. The first kappa shape index (κ1) is 21.0. The van der Waals surface area contributed by atoms with E-state index in [0.717, 1.165) is 10.8 Å². The standard InChI is InChI=1S/C20H20O8/c1-3-26-18(23)16(22)17(20(25)27-4-2)28-19(24)15(21)14-10-9-12-7-5-6-8-13(12)11-14/h5-11,16-17,22H,3-4H2,1-2H3/t16-,17-/m1/s1. The largest absolute Gasteiger partial charge is 0.464 e. The zero-order valence-electron chi connectivity index (χ0n) is 15.4. The van der Waals surface area contributed by atoms with Crippen LogP contribution in [-0.4, -0.2) is 54.2 Å². The molecule has 0 radical (unpaired) electrons. The number of carbonyl (C=O) groups is 4. The van der Waals surface area contributed by atoms with E-state index >= 15 is 0 Å². The summed E-state index contributed by atoms with van der Waals surface area (Å²) < 4.78 is 14.1. The van der Waals surface area contributed by atoms with Gasteiger partial charge in [-0.05, 0) is 30.7 Å². The van der Waals surface area contributed by atoms with Gasteiger partial charge >= 0.3 is 17.9 Å². The van der Waals surface area contributed by atoms with Crippen molar-refractivity contribution >= 4 is 34.5 Å². The summed E-state index contributed by atoms with van der Waals surface area (Å²) in [6, 6.07) is 11.8. The summed E-state index contributed by atoms with van der Waals surface area (Å²) in [6.45, 7) is 2.85. The highest BCUT2D eigenvalue weighted by atomic mass is 16.6. The van der Waals surface area contributed by atoms with Crippen LogP contribution in [0.25, 0.3) is 10.8 Å². The van der Waals surface area contributed by atoms with E-state index in [-0.39, 0.29) is 18.8 Å². The first-order chi connectivity index (χ1) is 13.4. The quantitative estimate of drug-likeness (QED) is 0.312. The number of ether oxygens (including phenoxy) is 3. The smallest absolute Gasteiger partial charge is 0.380 e. The van der Waals surface area contributed by atoms with Crippen LogP contribution < -0.4 is 0 Å². The van der Waals surface area contributed by atoms with Crippen molar-refractivity contribution in [2.45, 2.75) is 26.1 Å². The van der Waals surface area contributed by atoms with Crippen molar-refractivity contribution in [3.8, 4) is 0 Å². The maximum absolute atomic E-state index is 12.4. The predicted octanol–water partition coefficient (Wildman–Crippen LogP) is 1.42. The van der Waals surface area contributed by atoms with Crippen LogP contribution in [0, 0.1) is 0 Å². The third-order valence-corrected chi connectivity index (χ3v) is 3.76. The molecule has 0 saturated carbocycles. The summed E-state index contributed by atoms with van der Waals surface area (Å²) in [5.74, 6) is -4.78. The molecular weight excluding hydrogens is 368 g/mol. The van der Waals surface area contributed by atoms with Crippen LogP contribution in [0.5, 0.6) is 0 Å². The summed E-state index contributed by atoms with van der Waals surface area (Å²) >= 11 is 0. The molecule has 8 heteroatoms. The second kappa shape index (κ2) is 9.61. The summed E-state index contributed by atoms with van der Waals surface area (Å²) in [6.07, 6.45) is -4.14. The van der Waals surface area contributed by atoms with Crippen molar-refractivity contribution in [2.24, 2.45) is 0 Å². The van der Waals surface area contributed by atoms with E-state index in [0.29, 0.717) is 0 Å². The Balaban J connectivity index is 2.21. The highest BCUT2D eigenvalue weighted by Crippen LogP contribution is 2.17. The molecule has 2 aromatic rings. The molecule has 148 valence electrons. The van der Waals surface area contributed by atoms with Gasteiger partial charge in [-0.1, -0.05) is 36.4 Å². The molecule has 0 aliphatic carbocycles. The molecule has 0 aliphatic heterocycles. The van der Waals surface area contributed by atoms with Gasteiger partial charge in [-0.25, -0.2) is 14.4 Å². The van der Waals surface area contributed by atoms with Crippen LogP contribution in [0.1, 0.15) is 24.2 Å². The van der Waals surface area contributed by atoms with Crippen LogP contribution in [0.3, 0.4) is 0 Å². The molecule has 8 nitrogen and oxygen atoms in total. The molecule has 0 aromatic heterocycles. The van der Waals surface area contributed by atoms with E-state index in [1.807, 2.05) is 12.1 Å². The Bertz CT molecular complexity index is 889. The Morgan fingerprint density at radius 1 is 0.893 bits per heavy atom. The van der Waals surface area contributed by atoms with Gasteiger partial charge in [0.05, 0.1) is 13.2 Å². The normalized spacial score (nSPS) is 12.7. The van der Waals surface area contributed by atoms with Gasteiger partial charge in [-0.3, -0.25) is 4.79 Å². The van der Waals surface area contributed by atoms with Crippen molar-refractivity contribution in [3.63, 3.8) is 0 Å². The van der Waals surface area contributed by atoms with Gasteiger partial charge in [-0.15, -0.1) is 0 Å². The van der Waals surface area contributed by atoms with Crippen LogP contribution in [0.4, 0.5) is 0 Å². The fourth-order valence-electron chi connectivity index (χ4n) is 2.43. The number of esters is 3. The van der Waals surface area contributed by atoms with E-state index in [9.17, 15) is 24.3 Å². The van der Waals surface area contributed by atoms with Crippen LogP contribution in [0.15, 0.2) is 42.5 Å². The molecule has 28 heavy (non-hydrogen) atoms. The number of benzene rings is 2. The molecule has 0 aliphatic rings. The molecule has 2 rings (SSSR count). The monoisotopic (exact) mass is 388 g/mol. The molecule has 0 spiro atoms. The van der Waals surface area contributed by atoms with Crippen molar-refractivity contribution < 1.29 is 38.5 Å². The fourth-order valence-corrected chi connectivity index (χ4v) is 2.43. The number of Topliss-reactive ketones (excluding diaryl/α,β-unsaturated/α-hetero) is 1. The van der Waals surface area contributed by atoms with Crippen LogP contribution in [0.2, 0.25) is 0 Å². The second-order valence-corrected chi connectivity index (χ2v) is 5.67. The van der Waals surface area contributed by atoms with Gasteiger partial charge in [0.2, 0.25) is 6.10 Å². The number of aliphatic hydroxyl groups is 1. The molecule has 0 heterocycles. The van der Waals surface area contributed by atoms with Gasteiger partial charge in [0, 0.05) is 5.56 Å². The molecule has 0 fully saturated rings. The van der Waals surface area contributed by atoms with Gasteiger partial charge in [0.25, 0.3) is 5.78 Å². The molecule has 0 bridgehead atoms. The molecule has 1 N–H and O–H groups in total. The molecule has 0 saturated heterocycles. The van der Waals surface area contributed by atoms with E-state index in [1.54, 1.807) is 18.2 Å². The molecule has 2 atom stereocenters. The summed E-state index contributed by atoms with van der Waals surface area (Å²) in [7, 11) is 0. The lowest BCUT2D eigenvalue weighted by molar-refractivity contribution is -0.181. The van der Waals surface area contributed by atoms with Crippen LogP contribution >= 0.6 is 0 Å². The van der Waals surface area contributed by atoms with Crippen molar-refractivity contribution in [1.29, 1.82) is 0 Å². The first-order valence-electron chi connectivity index (χ1n) is 8.64. The van der Waals surface area contributed by atoms with Crippen LogP contribution in [-0.2, 0) is 28.6 Å². The maximum Gasteiger partial charge on any atom is 0.380 e. The maximum atomic E-state index is 12.4. The van der Waals surface area contributed by atoms with Gasteiger partial charge in [0.1, 0.15) is 0 Å². The molecule has 2 aromatic carbocycles. The number of ketones is 1. The number of aliphatic hydroxyl groups excluding tert-OH is 1. The second-order valence-electron chi connectivity index (χ2n) is 5.67. The zero-order chi connectivity index (χ0) is 20.7. The Morgan fingerprint density at radius 2 is 1.50 bits per heavy atom. The SMILES string of the molecule is CCOC(=O)[C@H](O)[C@@H](OC(=O)C(=O)c1ccc2ccccc2c1)C(=O)OCC. The van der Waals surface area contributed by atoms with Crippen molar-refractivity contribution in [2.75, 3.05) is 13.2 Å². The Labute approximate surface area is 161 Å². The lowest BCUT2D eigenvalue weighted by Crippen LogP contribution is -2.45. The number of fused-ring (bicyclic) bond motifs is 1. The zero-order valence-corrected chi connectivity index (χ0v) is 15.4. The number of hydrogen-bond acceptors (Lipinski definition) is 8. The van der Waals surface area contributed by atoms with Gasteiger partial charge in [0.15, 0.2) is 6.10 Å². The van der Waals surface area contributed by atoms with E-state index in [1.165, 1.54) is 26.0 Å².